The summed E-state index contributed by atoms with van der Waals surface area (Å²) >= 11 is 0. The van der Waals surface area contributed by atoms with Crippen molar-refractivity contribution < 1.29 is 14.3 Å². The number of aromatic nitrogens is 2. The standard InChI is InChI=1S/C33H33N3O3/c1-32(2,3)39-31(38)36-21-13-14-25(30(36)37)22-29-23-35(24-34-29)33(26-15-7-4-8-16-26,27-17-9-5-10-18-27)28-19-11-6-12-20-28/h4-12,15-20,22-24H,13-14,21H2,1-3H3/b25-22-. The van der Waals surface area contributed by atoms with Gasteiger partial charge in [0.05, 0.1) is 12.0 Å². The van der Waals surface area contributed by atoms with E-state index in [0.717, 1.165) is 16.7 Å². The molecule has 6 heteroatoms. The molecule has 0 atom stereocenters. The molecular formula is C33H33N3O3. The molecule has 0 radical (unpaired) electrons. The van der Waals surface area contributed by atoms with E-state index in [9.17, 15) is 9.59 Å². The molecule has 1 aliphatic rings. The first-order valence-electron chi connectivity index (χ1n) is 13.3. The van der Waals surface area contributed by atoms with Crippen molar-refractivity contribution in [3.63, 3.8) is 0 Å². The molecule has 0 N–H and O–H groups in total. The Morgan fingerprint density at radius 2 is 1.36 bits per heavy atom. The van der Waals surface area contributed by atoms with Crippen LogP contribution in [-0.2, 0) is 15.1 Å². The minimum absolute atomic E-state index is 0.328. The minimum atomic E-state index is -0.688. The highest BCUT2D eigenvalue weighted by Gasteiger charge is 2.38. The second-order valence-corrected chi connectivity index (χ2v) is 10.7. The first-order valence-corrected chi connectivity index (χ1v) is 13.3. The van der Waals surface area contributed by atoms with Gasteiger partial charge in [-0.2, -0.15) is 0 Å². The number of likely N-dealkylation sites (tertiary alicyclic amines) is 1. The second-order valence-electron chi connectivity index (χ2n) is 10.7. The molecule has 0 unspecified atom stereocenters. The van der Waals surface area contributed by atoms with E-state index in [1.807, 2.05) is 67.1 Å². The Morgan fingerprint density at radius 3 is 1.85 bits per heavy atom. The summed E-state index contributed by atoms with van der Waals surface area (Å²) in [6, 6.07) is 31.1. The van der Waals surface area contributed by atoms with Gasteiger partial charge in [-0.1, -0.05) is 91.0 Å². The van der Waals surface area contributed by atoms with Gasteiger partial charge in [0.15, 0.2) is 0 Å². The van der Waals surface area contributed by atoms with Crippen molar-refractivity contribution in [2.75, 3.05) is 6.54 Å². The van der Waals surface area contributed by atoms with Gasteiger partial charge in [-0.25, -0.2) is 14.7 Å². The molecule has 3 aromatic carbocycles. The molecule has 6 nitrogen and oxygen atoms in total. The molecule has 1 aliphatic heterocycles. The normalized spacial score (nSPS) is 15.4. The lowest BCUT2D eigenvalue weighted by atomic mass is 9.77. The number of imidazole rings is 1. The van der Waals surface area contributed by atoms with E-state index in [4.69, 9.17) is 9.72 Å². The molecule has 0 aliphatic carbocycles. The van der Waals surface area contributed by atoms with Gasteiger partial charge in [0, 0.05) is 18.3 Å². The summed E-state index contributed by atoms with van der Waals surface area (Å²) in [7, 11) is 0. The van der Waals surface area contributed by atoms with Gasteiger partial charge in [0.25, 0.3) is 5.91 Å². The van der Waals surface area contributed by atoms with Crippen molar-refractivity contribution >= 4 is 18.1 Å². The molecule has 4 aromatic rings. The number of hydrogen-bond donors (Lipinski definition) is 0. The van der Waals surface area contributed by atoms with Crippen LogP contribution in [0, 0.1) is 0 Å². The van der Waals surface area contributed by atoms with Crippen molar-refractivity contribution in [2.45, 2.75) is 44.8 Å². The highest BCUT2D eigenvalue weighted by molar-refractivity contribution is 6.05. The van der Waals surface area contributed by atoms with E-state index in [1.165, 1.54) is 4.90 Å². The third-order valence-electron chi connectivity index (χ3n) is 6.85. The molecule has 0 saturated carbocycles. The van der Waals surface area contributed by atoms with Crippen LogP contribution in [0.1, 0.15) is 56.0 Å². The summed E-state index contributed by atoms with van der Waals surface area (Å²) in [5.74, 6) is -0.328. The highest BCUT2D eigenvalue weighted by Crippen LogP contribution is 2.41. The Hall–Kier alpha value is -4.45. The summed E-state index contributed by atoms with van der Waals surface area (Å²) in [5, 5.41) is 0. The monoisotopic (exact) mass is 519 g/mol. The molecule has 1 aromatic heterocycles. The van der Waals surface area contributed by atoms with Crippen LogP contribution in [0.2, 0.25) is 0 Å². The van der Waals surface area contributed by atoms with Gasteiger partial charge in [-0.05, 0) is 56.4 Å². The van der Waals surface area contributed by atoms with E-state index >= 15 is 0 Å². The van der Waals surface area contributed by atoms with Crippen LogP contribution in [0.4, 0.5) is 4.79 Å². The zero-order valence-electron chi connectivity index (χ0n) is 22.6. The van der Waals surface area contributed by atoms with Gasteiger partial charge in [-0.15, -0.1) is 0 Å². The van der Waals surface area contributed by atoms with Crippen LogP contribution in [0.5, 0.6) is 0 Å². The Bertz CT molecular complexity index is 1370. The minimum Gasteiger partial charge on any atom is -0.443 e. The first kappa shape index (κ1) is 26.2. The maximum atomic E-state index is 13.2. The summed E-state index contributed by atoms with van der Waals surface area (Å²) in [6.07, 6.45) is 6.23. The lowest BCUT2D eigenvalue weighted by molar-refractivity contribution is -0.127. The van der Waals surface area contributed by atoms with E-state index in [-0.39, 0.29) is 5.91 Å². The quantitative estimate of drug-likeness (QED) is 0.218. The third-order valence-corrected chi connectivity index (χ3v) is 6.85. The lowest BCUT2D eigenvalue weighted by Gasteiger charge is -2.37. The van der Waals surface area contributed by atoms with Gasteiger partial charge >= 0.3 is 6.09 Å². The number of hydrogen-bond acceptors (Lipinski definition) is 4. The average Bonchev–Trinajstić information content (AvgIpc) is 3.40. The number of ether oxygens (including phenoxy) is 1. The fourth-order valence-electron chi connectivity index (χ4n) is 5.19. The van der Waals surface area contributed by atoms with Crippen LogP contribution in [-0.4, -0.2) is 38.6 Å². The number of carbonyl (C=O) groups excluding carboxylic acids is 2. The Kier molecular flexibility index (Phi) is 7.20. The molecule has 5 rings (SSSR count). The molecule has 2 heterocycles. The number of carbonyl (C=O) groups is 2. The van der Waals surface area contributed by atoms with E-state index in [2.05, 4.69) is 41.0 Å². The predicted octanol–water partition coefficient (Wildman–Crippen LogP) is 6.66. The largest absolute Gasteiger partial charge is 0.443 e. The van der Waals surface area contributed by atoms with Crippen LogP contribution < -0.4 is 0 Å². The number of imide groups is 1. The van der Waals surface area contributed by atoms with Gasteiger partial charge in [0.1, 0.15) is 11.1 Å². The zero-order valence-corrected chi connectivity index (χ0v) is 22.6. The summed E-state index contributed by atoms with van der Waals surface area (Å²) in [5.41, 5.74) is 3.09. The van der Waals surface area contributed by atoms with Crippen molar-refractivity contribution in [1.29, 1.82) is 0 Å². The van der Waals surface area contributed by atoms with Crippen molar-refractivity contribution in [1.82, 2.24) is 14.5 Å². The van der Waals surface area contributed by atoms with Gasteiger partial charge in [-0.3, -0.25) is 4.79 Å². The molecule has 39 heavy (non-hydrogen) atoms. The van der Waals surface area contributed by atoms with Crippen LogP contribution in [0.25, 0.3) is 6.08 Å². The zero-order chi connectivity index (χ0) is 27.5. The van der Waals surface area contributed by atoms with Gasteiger partial charge < -0.3 is 9.30 Å². The fourth-order valence-corrected chi connectivity index (χ4v) is 5.19. The van der Waals surface area contributed by atoms with E-state index in [1.54, 1.807) is 26.8 Å². The molecular weight excluding hydrogens is 486 g/mol. The topological polar surface area (TPSA) is 64.4 Å². The SMILES string of the molecule is CC(C)(C)OC(=O)N1CCC/C(=C/c2cn(C(c3ccccc3)(c3ccccc3)c3ccccc3)cn2)C1=O. The first-order chi connectivity index (χ1) is 18.8. The number of piperidine rings is 1. The summed E-state index contributed by atoms with van der Waals surface area (Å²) < 4.78 is 7.57. The number of nitrogens with zero attached hydrogens (tertiary/aromatic N) is 3. The molecule has 1 saturated heterocycles. The van der Waals surface area contributed by atoms with E-state index < -0.39 is 17.2 Å². The molecule has 1 fully saturated rings. The Balaban J connectivity index is 1.59. The summed E-state index contributed by atoms with van der Waals surface area (Å²) in [6.45, 7) is 5.72. The van der Waals surface area contributed by atoms with Crippen LogP contribution >= 0.6 is 0 Å². The third kappa shape index (κ3) is 5.28. The number of benzene rings is 3. The molecule has 0 spiro atoms. The lowest BCUT2D eigenvalue weighted by Crippen LogP contribution is -2.44. The average molecular weight is 520 g/mol. The predicted molar refractivity (Wildman–Crippen MR) is 152 cm³/mol. The van der Waals surface area contributed by atoms with Crippen molar-refractivity contribution in [2.24, 2.45) is 0 Å². The van der Waals surface area contributed by atoms with E-state index in [0.29, 0.717) is 30.7 Å². The Labute approximate surface area is 229 Å². The maximum Gasteiger partial charge on any atom is 0.417 e. The summed E-state index contributed by atoms with van der Waals surface area (Å²) in [4.78, 5) is 31.8. The fraction of sp³-hybridized carbons (Fsp3) is 0.242. The Morgan fingerprint density at radius 1 is 0.846 bits per heavy atom. The smallest absolute Gasteiger partial charge is 0.417 e. The molecule has 2 amide bonds. The number of amides is 2. The second kappa shape index (κ2) is 10.7. The van der Waals surface area contributed by atoms with Crippen molar-refractivity contribution in [3.05, 3.63) is 131 Å². The molecule has 0 bridgehead atoms. The number of rotatable bonds is 5. The van der Waals surface area contributed by atoms with Crippen LogP contribution in [0.15, 0.2) is 109 Å². The van der Waals surface area contributed by atoms with Crippen LogP contribution in [0.3, 0.4) is 0 Å². The van der Waals surface area contributed by atoms with Crippen molar-refractivity contribution in [3.8, 4) is 0 Å². The van der Waals surface area contributed by atoms with Gasteiger partial charge in [0.2, 0.25) is 0 Å². The maximum absolute atomic E-state index is 13.2. The molecule has 198 valence electrons. The highest BCUT2D eigenvalue weighted by atomic mass is 16.6.